The normalized spacial score (nSPS) is 11.8. The lowest BCUT2D eigenvalue weighted by Gasteiger charge is -2.01. The molecular weight excluding hydrogens is 328 g/mol. The molecule has 0 spiro atoms. The van der Waals surface area contributed by atoms with Gasteiger partial charge in [0.1, 0.15) is 0 Å². The predicted octanol–water partition coefficient (Wildman–Crippen LogP) is 2.22. The smallest absolute Gasteiger partial charge is 0.436 e. The molecule has 1 heterocycles. The highest BCUT2D eigenvalue weighted by Crippen LogP contribution is 2.33. The van der Waals surface area contributed by atoms with Crippen LogP contribution in [0.5, 0.6) is 0 Å². The summed E-state index contributed by atoms with van der Waals surface area (Å²) in [5.41, 5.74) is -1.58. The van der Waals surface area contributed by atoms with Crippen LogP contribution in [-0.4, -0.2) is 20.9 Å². The molecule has 0 saturated heterocycles. The summed E-state index contributed by atoms with van der Waals surface area (Å²) in [6.07, 6.45) is -4.62. The third-order valence-electron chi connectivity index (χ3n) is 1.67. The van der Waals surface area contributed by atoms with Crippen LogP contribution < -0.4 is 0 Å². The Bertz CT molecular complexity index is 400. The molecule has 4 nitrogen and oxygen atoms in total. The van der Waals surface area contributed by atoms with Gasteiger partial charge in [-0.15, -0.1) is 0 Å². The molecule has 0 aromatic carbocycles. The molecule has 1 aromatic rings. The molecule has 1 aromatic heterocycles. The van der Waals surface area contributed by atoms with E-state index in [4.69, 9.17) is 5.11 Å². The molecule has 0 radical (unpaired) electrons. The first-order valence-electron chi connectivity index (χ1n) is 3.85. The van der Waals surface area contributed by atoms with Crippen molar-refractivity contribution in [3.63, 3.8) is 0 Å². The van der Waals surface area contributed by atoms with Crippen LogP contribution in [0.25, 0.3) is 0 Å². The van der Waals surface area contributed by atoms with Gasteiger partial charge in [0.05, 0.1) is 3.57 Å². The van der Waals surface area contributed by atoms with Crippen molar-refractivity contribution in [2.24, 2.45) is 0 Å². The molecule has 0 aliphatic carbocycles. The molecule has 84 valence electrons. The van der Waals surface area contributed by atoms with Gasteiger partial charge < -0.3 is 5.11 Å². The van der Waals surface area contributed by atoms with Crippen molar-refractivity contribution < 1.29 is 23.1 Å². The summed E-state index contributed by atoms with van der Waals surface area (Å²) in [4.78, 5) is 10.7. The van der Waals surface area contributed by atoms with Crippen LogP contribution in [-0.2, 0) is 12.7 Å². The third-order valence-corrected chi connectivity index (χ3v) is 2.69. The van der Waals surface area contributed by atoms with E-state index in [0.29, 0.717) is 0 Å². The number of carboxylic acids is 1. The number of aryl methyl sites for hydroxylation is 1. The van der Waals surface area contributed by atoms with Crippen molar-refractivity contribution in [1.29, 1.82) is 0 Å². The highest BCUT2D eigenvalue weighted by atomic mass is 127. The van der Waals surface area contributed by atoms with Crippen LogP contribution in [0.1, 0.15) is 23.1 Å². The molecule has 0 aliphatic rings. The lowest BCUT2D eigenvalue weighted by Crippen LogP contribution is -2.09. The van der Waals surface area contributed by atoms with Gasteiger partial charge in [-0.25, -0.2) is 4.79 Å². The van der Waals surface area contributed by atoms with Crippen molar-refractivity contribution >= 4 is 28.6 Å². The van der Waals surface area contributed by atoms with Crippen LogP contribution in [0.2, 0.25) is 0 Å². The van der Waals surface area contributed by atoms with E-state index >= 15 is 0 Å². The minimum absolute atomic E-state index is 0.0771. The Morgan fingerprint density at radius 2 is 2.13 bits per heavy atom. The van der Waals surface area contributed by atoms with Gasteiger partial charge in [-0.1, -0.05) is 0 Å². The third kappa shape index (κ3) is 2.24. The summed E-state index contributed by atoms with van der Waals surface area (Å²) < 4.78 is 37.6. The molecule has 1 rings (SSSR count). The fourth-order valence-corrected chi connectivity index (χ4v) is 1.98. The molecule has 0 unspecified atom stereocenters. The Balaban J connectivity index is 3.41. The Kier molecular flexibility index (Phi) is 3.26. The average Bonchev–Trinajstić information content (AvgIpc) is 2.41. The first-order chi connectivity index (χ1) is 6.79. The lowest BCUT2D eigenvalue weighted by molar-refractivity contribution is -0.142. The second-order valence-corrected chi connectivity index (χ2v) is 3.71. The van der Waals surface area contributed by atoms with Gasteiger partial charge in [-0.2, -0.15) is 18.3 Å². The number of carboxylic acid groups (broad SMARTS) is 1. The highest BCUT2D eigenvalue weighted by Gasteiger charge is 2.39. The average molecular weight is 334 g/mol. The monoisotopic (exact) mass is 334 g/mol. The molecule has 8 heteroatoms. The van der Waals surface area contributed by atoms with Crippen molar-refractivity contribution in [1.82, 2.24) is 9.78 Å². The minimum atomic E-state index is -4.62. The van der Waals surface area contributed by atoms with E-state index in [2.05, 4.69) is 5.10 Å². The summed E-state index contributed by atoms with van der Waals surface area (Å²) in [5, 5.41) is 11.9. The zero-order chi connectivity index (χ0) is 11.8. The van der Waals surface area contributed by atoms with E-state index in [1.54, 1.807) is 0 Å². The number of rotatable bonds is 2. The largest absolute Gasteiger partial charge is 0.476 e. The van der Waals surface area contributed by atoms with E-state index in [0.717, 1.165) is 4.68 Å². The molecule has 0 amide bonds. The number of aromatic carboxylic acids is 1. The maximum absolute atomic E-state index is 12.4. The highest BCUT2D eigenvalue weighted by molar-refractivity contribution is 14.1. The Labute approximate surface area is 96.2 Å². The number of nitrogens with zero attached hydrogens (tertiary/aromatic N) is 2. The number of hydrogen-bond donors (Lipinski definition) is 1. The molecule has 0 bridgehead atoms. The minimum Gasteiger partial charge on any atom is -0.476 e. The molecular formula is C7H6F3IN2O2. The van der Waals surface area contributed by atoms with E-state index in [1.165, 1.54) is 29.5 Å². The summed E-state index contributed by atoms with van der Waals surface area (Å²) in [6.45, 7) is 1.60. The van der Waals surface area contributed by atoms with E-state index in [9.17, 15) is 18.0 Å². The lowest BCUT2D eigenvalue weighted by atomic mass is 10.3. The second-order valence-electron chi connectivity index (χ2n) is 2.63. The van der Waals surface area contributed by atoms with Gasteiger partial charge in [0.25, 0.3) is 0 Å². The van der Waals surface area contributed by atoms with Gasteiger partial charge in [-0.05, 0) is 29.5 Å². The molecule has 0 fully saturated rings. The zero-order valence-corrected chi connectivity index (χ0v) is 9.63. The van der Waals surface area contributed by atoms with Gasteiger partial charge in [0.2, 0.25) is 0 Å². The summed E-state index contributed by atoms with van der Waals surface area (Å²) in [7, 11) is 0. The van der Waals surface area contributed by atoms with E-state index in [-0.39, 0.29) is 10.1 Å². The molecule has 0 saturated carbocycles. The van der Waals surface area contributed by atoms with E-state index < -0.39 is 23.5 Å². The SMILES string of the molecule is CCn1nc(C(F)(F)F)c(I)c1C(=O)O. The molecule has 15 heavy (non-hydrogen) atoms. The maximum Gasteiger partial charge on any atom is 0.436 e. The molecule has 0 atom stereocenters. The Morgan fingerprint density at radius 3 is 2.40 bits per heavy atom. The van der Waals surface area contributed by atoms with Gasteiger partial charge >= 0.3 is 12.1 Å². The van der Waals surface area contributed by atoms with Crippen molar-refractivity contribution in [3.8, 4) is 0 Å². The van der Waals surface area contributed by atoms with Crippen molar-refractivity contribution in [2.45, 2.75) is 19.6 Å². The van der Waals surface area contributed by atoms with Crippen LogP contribution >= 0.6 is 22.6 Å². The van der Waals surface area contributed by atoms with Crippen LogP contribution in [0.4, 0.5) is 13.2 Å². The number of aromatic nitrogens is 2. The first-order valence-corrected chi connectivity index (χ1v) is 4.93. The summed E-state index contributed by atoms with van der Waals surface area (Å²) >= 11 is 1.34. The fraction of sp³-hybridized carbons (Fsp3) is 0.429. The number of hydrogen-bond acceptors (Lipinski definition) is 2. The van der Waals surface area contributed by atoms with Crippen molar-refractivity contribution in [3.05, 3.63) is 15.0 Å². The van der Waals surface area contributed by atoms with Gasteiger partial charge in [0, 0.05) is 6.54 Å². The number of carbonyl (C=O) groups is 1. The topological polar surface area (TPSA) is 55.1 Å². The van der Waals surface area contributed by atoms with Gasteiger partial charge in [0.15, 0.2) is 11.4 Å². The predicted molar refractivity (Wildman–Crippen MR) is 52.6 cm³/mol. The first kappa shape index (κ1) is 12.3. The van der Waals surface area contributed by atoms with E-state index in [1.807, 2.05) is 0 Å². The number of halogens is 4. The summed E-state index contributed by atoms with van der Waals surface area (Å²) in [6, 6.07) is 0. The molecule has 1 N–H and O–H groups in total. The van der Waals surface area contributed by atoms with Gasteiger partial charge in [-0.3, -0.25) is 4.68 Å². The molecule has 0 aliphatic heterocycles. The second kappa shape index (κ2) is 3.99. The van der Waals surface area contributed by atoms with Crippen LogP contribution in [0, 0.1) is 3.57 Å². The van der Waals surface area contributed by atoms with Crippen molar-refractivity contribution in [2.75, 3.05) is 0 Å². The van der Waals surface area contributed by atoms with Crippen LogP contribution in [0.3, 0.4) is 0 Å². The maximum atomic E-state index is 12.4. The Morgan fingerprint density at radius 1 is 1.60 bits per heavy atom. The van der Waals surface area contributed by atoms with Crippen LogP contribution in [0.15, 0.2) is 0 Å². The standard InChI is InChI=1S/C7H6F3IN2O2/c1-2-13-4(6(14)15)3(11)5(12-13)7(8,9)10/h2H2,1H3,(H,14,15). The number of alkyl halides is 3. The Hall–Kier alpha value is -0.800. The quantitative estimate of drug-likeness (QED) is 0.844. The zero-order valence-electron chi connectivity index (χ0n) is 7.47. The summed E-state index contributed by atoms with van der Waals surface area (Å²) in [5.74, 6) is -1.41. The fourth-order valence-electron chi connectivity index (χ4n) is 1.05.